The number of hydrogen-bond acceptors (Lipinski definition) is 4. The molecule has 2 aromatic carbocycles. The van der Waals surface area contributed by atoms with Crippen LogP contribution in [0.4, 0.5) is 10.1 Å². The fourth-order valence-electron chi connectivity index (χ4n) is 1.85. The zero-order valence-electron chi connectivity index (χ0n) is 12.8. The molecule has 0 aromatic heterocycles. The molecule has 0 heterocycles. The molecule has 5 nitrogen and oxygen atoms in total. The molecule has 0 saturated heterocycles. The third-order valence-corrected chi connectivity index (χ3v) is 3.53. The van der Waals surface area contributed by atoms with Crippen molar-refractivity contribution >= 4 is 29.2 Å². The lowest BCUT2D eigenvalue weighted by Crippen LogP contribution is -2.30. The number of benzene rings is 2. The van der Waals surface area contributed by atoms with E-state index in [9.17, 15) is 14.0 Å². The summed E-state index contributed by atoms with van der Waals surface area (Å²) in [5.74, 6) is -1.79. The molecule has 126 valence electrons. The first-order valence-electron chi connectivity index (χ1n) is 7.07. The van der Waals surface area contributed by atoms with Crippen molar-refractivity contribution < 1.29 is 23.8 Å². The SMILES string of the molecule is C[C@H](OC(=O)c1ccc(CO)cc1)C(=O)Nc1ccc(F)cc1Cl. The molecule has 0 aliphatic rings. The van der Waals surface area contributed by atoms with E-state index in [1.54, 1.807) is 12.1 Å². The molecular weight excluding hydrogens is 337 g/mol. The fourth-order valence-corrected chi connectivity index (χ4v) is 2.07. The second-order valence-electron chi connectivity index (χ2n) is 5.02. The highest BCUT2D eigenvalue weighted by molar-refractivity contribution is 6.33. The van der Waals surface area contributed by atoms with Crippen LogP contribution in [0.1, 0.15) is 22.8 Å². The van der Waals surface area contributed by atoms with Crippen LogP contribution in [0.15, 0.2) is 42.5 Å². The van der Waals surface area contributed by atoms with Crippen molar-refractivity contribution in [3.63, 3.8) is 0 Å². The van der Waals surface area contributed by atoms with Crippen LogP contribution in [-0.2, 0) is 16.1 Å². The minimum absolute atomic E-state index is 0.0430. The summed E-state index contributed by atoms with van der Waals surface area (Å²) in [5.41, 5.74) is 1.13. The molecule has 2 rings (SSSR count). The van der Waals surface area contributed by atoms with Gasteiger partial charge in [0, 0.05) is 0 Å². The van der Waals surface area contributed by atoms with Crippen LogP contribution in [0.2, 0.25) is 5.02 Å². The van der Waals surface area contributed by atoms with Crippen molar-refractivity contribution in [2.75, 3.05) is 5.32 Å². The van der Waals surface area contributed by atoms with Gasteiger partial charge in [-0.3, -0.25) is 4.79 Å². The van der Waals surface area contributed by atoms with E-state index in [1.807, 2.05) is 0 Å². The smallest absolute Gasteiger partial charge is 0.338 e. The number of halogens is 2. The van der Waals surface area contributed by atoms with Gasteiger partial charge in [0.1, 0.15) is 5.82 Å². The second kappa shape index (κ2) is 7.90. The standard InChI is InChI=1S/C17H15ClFNO4/c1-10(16(22)20-15-7-6-13(19)8-14(15)18)24-17(23)12-4-2-11(9-21)3-5-12/h2-8,10,21H,9H2,1H3,(H,20,22)/t10-/m0/s1. The van der Waals surface area contributed by atoms with Gasteiger partial charge in [-0.2, -0.15) is 0 Å². The molecule has 1 amide bonds. The van der Waals surface area contributed by atoms with Gasteiger partial charge in [0.2, 0.25) is 0 Å². The number of amides is 1. The predicted molar refractivity (Wildman–Crippen MR) is 87.3 cm³/mol. The number of aliphatic hydroxyl groups is 1. The number of ether oxygens (including phenoxy) is 1. The van der Waals surface area contributed by atoms with Gasteiger partial charge in [-0.25, -0.2) is 9.18 Å². The predicted octanol–water partition coefficient (Wildman–Crippen LogP) is 3.16. The zero-order chi connectivity index (χ0) is 17.7. The molecule has 2 aromatic rings. The molecule has 0 bridgehead atoms. The number of nitrogens with one attached hydrogen (secondary N) is 1. The van der Waals surface area contributed by atoms with Crippen LogP contribution in [0.3, 0.4) is 0 Å². The first-order chi connectivity index (χ1) is 11.4. The fraction of sp³-hybridized carbons (Fsp3) is 0.176. The molecular formula is C17H15ClFNO4. The zero-order valence-corrected chi connectivity index (χ0v) is 13.5. The number of carbonyl (C=O) groups is 2. The Bertz CT molecular complexity index is 749. The van der Waals surface area contributed by atoms with E-state index < -0.39 is 23.8 Å². The van der Waals surface area contributed by atoms with E-state index in [1.165, 1.54) is 25.1 Å². The Hall–Kier alpha value is -2.44. The lowest BCUT2D eigenvalue weighted by atomic mass is 10.1. The highest BCUT2D eigenvalue weighted by Crippen LogP contribution is 2.22. The molecule has 0 radical (unpaired) electrons. The maximum Gasteiger partial charge on any atom is 0.338 e. The molecule has 2 N–H and O–H groups in total. The van der Waals surface area contributed by atoms with Crippen LogP contribution in [0.25, 0.3) is 0 Å². The maximum absolute atomic E-state index is 13.0. The van der Waals surface area contributed by atoms with Gasteiger partial charge in [-0.1, -0.05) is 23.7 Å². The van der Waals surface area contributed by atoms with Crippen molar-refractivity contribution in [2.45, 2.75) is 19.6 Å². The molecule has 7 heteroatoms. The number of anilines is 1. The Morgan fingerprint density at radius 1 is 1.25 bits per heavy atom. The number of aliphatic hydroxyl groups excluding tert-OH is 1. The van der Waals surface area contributed by atoms with E-state index >= 15 is 0 Å². The summed E-state index contributed by atoms with van der Waals surface area (Å²) in [6.45, 7) is 1.28. The molecule has 0 fully saturated rings. The molecule has 24 heavy (non-hydrogen) atoms. The second-order valence-corrected chi connectivity index (χ2v) is 5.42. The van der Waals surface area contributed by atoms with Gasteiger partial charge in [-0.15, -0.1) is 0 Å². The number of esters is 1. The quantitative estimate of drug-likeness (QED) is 0.811. The van der Waals surface area contributed by atoms with E-state index in [-0.39, 0.29) is 22.9 Å². The third-order valence-electron chi connectivity index (χ3n) is 3.21. The Kier molecular flexibility index (Phi) is 5.89. The Labute approximate surface area is 143 Å². The minimum Gasteiger partial charge on any atom is -0.449 e. The molecule has 0 aliphatic carbocycles. The number of rotatable bonds is 5. The normalized spacial score (nSPS) is 11.7. The van der Waals surface area contributed by atoms with Crippen molar-refractivity contribution in [1.29, 1.82) is 0 Å². The van der Waals surface area contributed by atoms with Crippen LogP contribution in [0, 0.1) is 5.82 Å². The average molecular weight is 352 g/mol. The van der Waals surface area contributed by atoms with Crippen LogP contribution >= 0.6 is 11.6 Å². The third kappa shape index (κ3) is 4.53. The van der Waals surface area contributed by atoms with Gasteiger partial charge in [0.05, 0.1) is 22.9 Å². The first-order valence-corrected chi connectivity index (χ1v) is 7.45. The average Bonchev–Trinajstić information content (AvgIpc) is 2.57. The summed E-state index contributed by atoms with van der Waals surface area (Å²) in [7, 11) is 0. The van der Waals surface area contributed by atoms with Crippen molar-refractivity contribution in [3.8, 4) is 0 Å². The van der Waals surface area contributed by atoms with Crippen LogP contribution < -0.4 is 5.32 Å². The summed E-state index contributed by atoms with van der Waals surface area (Å²) in [6.07, 6.45) is -1.07. The lowest BCUT2D eigenvalue weighted by molar-refractivity contribution is -0.123. The topological polar surface area (TPSA) is 75.6 Å². The largest absolute Gasteiger partial charge is 0.449 e. The molecule has 0 spiro atoms. The highest BCUT2D eigenvalue weighted by Gasteiger charge is 2.20. The Morgan fingerprint density at radius 3 is 2.50 bits per heavy atom. The molecule has 0 unspecified atom stereocenters. The van der Waals surface area contributed by atoms with E-state index in [0.717, 1.165) is 12.1 Å². The molecule has 0 saturated carbocycles. The summed E-state index contributed by atoms with van der Waals surface area (Å²) < 4.78 is 18.1. The summed E-state index contributed by atoms with van der Waals surface area (Å²) in [6, 6.07) is 9.69. The number of hydrogen-bond donors (Lipinski definition) is 2. The summed E-state index contributed by atoms with van der Waals surface area (Å²) in [5, 5.41) is 11.5. The van der Waals surface area contributed by atoms with Crippen molar-refractivity contribution in [2.24, 2.45) is 0 Å². The first kappa shape index (κ1) is 17.9. The van der Waals surface area contributed by atoms with E-state index in [2.05, 4.69) is 5.32 Å². The van der Waals surface area contributed by atoms with Gasteiger partial charge in [0.15, 0.2) is 6.10 Å². The Morgan fingerprint density at radius 2 is 1.92 bits per heavy atom. The van der Waals surface area contributed by atoms with Gasteiger partial charge in [0.25, 0.3) is 5.91 Å². The Balaban J connectivity index is 1.98. The molecule has 1 atom stereocenters. The van der Waals surface area contributed by atoms with E-state index in [0.29, 0.717) is 5.56 Å². The van der Waals surface area contributed by atoms with Crippen LogP contribution in [0.5, 0.6) is 0 Å². The van der Waals surface area contributed by atoms with Crippen molar-refractivity contribution in [1.82, 2.24) is 0 Å². The lowest BCUT2D eigenvalue weighted by Gasteiger charge is -2.14. The highest BCUT2D eigenvalue weighted by atomic mass is 35.5. The van der Waals surface area contributed by atoms with Gasteiger partial charge in [-0.05, 0) is 42.8 Å². The maximum atomic E-state index is 13.0. The monoisotopic (exact) mass is 351 g/mol. The molecule has 0 aliphatic heterocycles. The summed E-state index contributed by atoms with van der Waals surface area (Å²) in [4.78, 5) is 24.0. The van der Waals surface area contributed by atoms with E-state index in [4.69, 9.17) is 21.4 Å². The minimum atomic E-state index is -1.07. The van der Waals surface area contributed by atoms with Gasteiger partial charge >= 0.3 is 5.97 Å². The summed E-state index contributed by atoms with van der Waals surface area (Å²) >= 11 is 5.83. The van der Waals surface area contributed by atoms with Crippen molar-refractivity contribution in [3.05, 3.63) is 64.4 Å². The van der Waals surface area contributed by atoms with Crippen LogP contribution in [-0.4, -0.2) is 23.1 Å². The van der Waals surface area contributed by atoms with Gasteiger partial charge < -0.3 is 15.2 Å². The number of carbonyl (C=O) groups excluding carboxylic acids is 2.